The van der Waals surface area contributed by atoms with Crippen molar-refractivity contribution in [1.29, 1.82) is 0 Å². The summed E-state index contributed by atoms with van der Waals surface area (Å²) in [6.45, 7) is 2.05. The van der Waals surface area contributed by atoms with E-state index in [2.05, 4.69) is 12.2 Å². The first-order valence-electron chi connectivity index (χ1n) is 6.29. The summed E-state index contributed by atoms with van der Waals surface area (Å²) < 4.78 is 10.5. The van der Waals surface area contributed by atoms with Gasteiger partial charge in [-0.3, -0.25) is 0 Å². The summed E-state index contributed by atoms with van der Waals surface area (Å²) in [7, 11) is 3.29. The van der Waals surface area contributed by atoms with Crippen molar-refractivity contribution in [2.75, 3.05) is 14.2 Å². The Bertz CT molecular complexity index is 404. The number of aryl methyl sites for hydroxylation is 1. The molecule has 1 aromatic rings. The van der Waals surface area contributed by atoms with Gasteiger partial charge in [0.15, 0.2) is 6.29 Å². The van der Waals surface area contributed by atoms with Crippen LogP contribution in [-0.2, 0) is 15.9 Å². The van der Waals surface area contributed by atoms with E-state index < -0.39 is 0 Å². The topological polar surface area (TPSA) is 50.7 Å². The Morgan fingerprint density at radius 3 is 2.72 bits per heavy atom. The van der Waals surface area contributed by atoms with Gasteiger partial charge in [0.1, 0.15) is 5.75 Å². The lowest BCUT2D eigenvalue weighted by molar-refractivity contribution is -0.121. The molecule has 2 atom stereocenters. The number of phenolic OH excluding ortho intramolecular Hbond substituents is 1. The van der Waals surface area contributed by atoms with Crippen LogP contribution in [0.25, 0.3) is 0 Å². The lowest BCUT2D eigenvalue weighted by Gasteiger charge is -2.26. The number of hydrogen-bond acceptors (Lipinski definition) is 4. The summed E-state index contributed by atoms with van der Waals surface area (Å²) >= 11 is 0. The third-order valence-electron chi connectivity index (χ3n) is 3.54. The number of aromatic hydroxyl groups is 1. The number of rotatable bonds is 5. The van der Waals surface area contributed by atoms with E-state index in [-0.39, 0.29) is 12.3 Å². The van der Waals surface area contributed by atoms with Gasteiger partial charge in [0.2, 0.25) is 0 Å². The third kappa shape index (κ3) is 2.66. The molecule has 0 heterocycles. The second-order valence-electron chi connectivity index (χ2n) is 4.77. The van der Waals surface area contributed by atoms with Crippen LogP contribution >= 0.6 is 0 Å². The SMILES string of the molecule is COC(OC)C(C)NC1CCc2cc(O)ccc21. The van der Waals surface area contributed by atoms with Crippen molar-refractivity contribution in [3.63, 3.8) is 0 Å². The molecule has 0 amide bonds. The van der Waals surface area contributed by atoms with Gasteiger partial charge in [-0.1, -0.05) is 6.07 Å². The number of phenols is 1. The molecule has 0 bridgehead atoms. The number of fused-ring (bicyclic) bond motifs is 1. The van der Waals surface area contributed by atoms with Crippen LogP contribution < -0.4 is 5.32 Å². The standard InChI is InChI=1S/C14H21NO3/c1-9(14(17-2)18-3)15-13-7-4-10-8-11(16)5-6-12(10)13/h5-6,8-9,13-16H,4,7H2,1-3H3. The highest BCUT2D eigenvalue weighted by Crippen LogP contribution is 2.33. The Labute approximate surface area is 108 Å². The fourth-order valence-corrected chi connectivity index (χ4v) is 2.68. The molecule has 0 aliphatic heterocycles. The van der Waals surface area contributed by atoms with Crippen molar-refractivity contribution < 1.29 is 14.6 Å². The minimum atomic E-state index is -0.244. The highest BCUT2D eigenvalue weighted by Gasteiger charge is 2.26. The van der Waals surface area contributed by atoms with E-state index >= 15 is 0 Å². The molecule has 4 nitrogen and oxygen atoms in total. The molecule has 0 fully saturated rings. The maximum absolute atomic E-state index is 9.47. The molecule has 2 rings (SSSR count). The zero-order valence-electron chi connectivity index (χ0n) is 11.1. The Kier molecular flexibility index (Phi) is 4.22. The van der Waals surface area contributed by atoms with Crippen molar-refractivity contribution in [2.45, 2.75) is 38.1 Å². The van der Waals surface area contributed by atoms with Gasteiger partial charge in [-0.2, -0.15) is 0 Å². The minimum absolute atomic E-state index is 0.116. The first-order valence-corrected chi connectivity index (χ1v) is 6.29. The molecular formula is C14H21NO3. The van der Waals surface area contributed by atoms with Gasteiger partial charge < -0.3 is 19.9 Å². The molecule has 0 saturated heterocycles. The average molecular weight is 251 g/mol. The first kappa shape index (κ1) is 13.3. The molecule has 2 unspecified atom stereocenters. The molecule has 4 heteroatoms. The summed E-state index contributed by atoms with van der Waals surface area (Å²) in [5.74, 6) is 0.342. The number of benzene rings is 1. The lowest BCUT2D eigenvalue weighted by atomic mass is 10.1. The number of hydrogen-bond donors (Lipinski definition) is 2. The number of methoxy groups -OCH3 is 2. The van der Waals surface area contributed by atoms with E-state index in [1.54, 1.807) is 20.3 Å². The molecular weight excluding hydrogens is 230 g/mol. The van der Waals surface area contributed by atoms with E-state index in [4.69, 9.17) is 9.47 Å². The summed E-state index contributed by atoms with van der Waals surface area (Å²) in [5.41, 5.74) is 2.50. The summed E-state index contributed by atoms with van der Waals surface area (Å²) in [6.07, 6.45) is 1.80. The molecule has 100 valence electrons. The van der Waals surface area contributed by atoms with Crippen LogP contribution in [-0.4, -0.2) is 31.7 Å². The second kappa shape index (κ2) is 5.69. The van der Waals surface area contributed by atoms with Crippen LogP contribution in [0.15, 0.2) is 18.2 Å². The molecule has 2 N–H and O–H groups in total. The van der Waals surface area contributed by atoms with Gasteiger partial charge >= 0.3 is 0 Å². The molecule has 1 aromatic carbocycles. The monoisotopic (exact) mass is 251 g/mol. The fourth-order valence-electron chi connectivity index (χ4n) is 2.68. The summed E-state index contributed by atoms with van der Waals surface area (Å²) in [6, 6.07) is 6.02. The van der Waals surface area contributed by atoms with Gasteiger partial charge in [0.05, 0.1) is 6.04 Å². The Hall–Kier alpha value is -1.10. The highest BCUT2D eigenvalue weighted by molar-refractivity contribution is 5.40. The fraction of sp³-hybridized carbons (Fsp3) is 0.571. The zero-order chi connectivity index (χ0) is 13.1. The molecule has 0 radical (unpaired) electrons. The van der Waals surface area contributed by atoms with E-state index in [0.29, 0.717) is 11.8 Å². The molecule has 18 heavy (non-hydrogen) atoms. The van der Waals surface area contributed by atoms with Crippen molar-refractivity contribution in [3.05, 3.63) is 29.3 Å². The zero-order valence-corrected chi connectivity index (χ0v) is 11.1. The van der Waals surface area contributed by atoms with Gasteiger partial charge in [-0.05, 0) is 43.0 Å². The van der Waals surface area contributed by atoms with Gasteiger partial charge in [0.25, 0.3) is 0 Å². The highest BCUT2D eigenvalue weighted by atomic mass is 16.7. The normalized spacial score (nSPS) is 20.1. The summed E-state index contributed by atoms with van der Waals surface area (Å²) in [5, 5.41) is 13.0. The largest absolute Gasteiger partial charge is 0.508 e. The second-order valence-corrected chi connectivity index (χ2v) is 4.77. The lowest BCUT2D eigenvalue weighted by Crippen LogP contribution is -2.41. The molecule has 0 aromatic heterocycles. The van der Waals surface area contributed by atoms with Crippen molar-refractivity contribution in [3.8, 4) is 5.75 Å². The first-order chi connectivity index (χ1) is 8.65. The van der Waals surface area contributed by atoms with Crippen LogP contribution in [0.1, 0.15) is 30.5 Å². The maximum atomic E-state index is 9.47. The van der Waals surface area contributed by atoms with E-state index in [1.165, 1.54) is 11.1 Å². The summed E-state index contributed by atoms with van der Waals surface area (Å²) in [4.78, 5) is 0. The van der Waals surface area contributed by atoms with E-state index in [1.807, 2.05) is 12.1 Å². The molecule has 1 aliphatic carbocycles. The molecule has 0 spiro atoms. The van der Waals surface area contributed by atoms with Crippen LogP contribution in [0.3, 0.4) is 0 Å². The van der Waals surface area contributed by atoms with Crippen molar-refractivity contribution in [2.24, 2.45) is 0 Å². The predicted octanol–water partition coefficient (Wildman–Crippen LogP) is 1.98. The minimum Gasteiger partial charge on any atom is -0.508 e. The average Bonchev–Trinajstić information content (AvgIpc) is 2.73. The predicted molar refractivity (Wildman–Crippen MR) is 69.6 cm³/mol. The van der Waals surface area contributed by atoms with Crippen LogP contribution in [0.4, 0.5) is 0 Å². The van der Waals surface area contributed by atoms with E-state index in [9.17, 15) is 5.11 Å². The number of nitrogens with one attached hydrogen (secondary N) is 1. The third-order valence-corrected chi connectivity index (χ3v) is 3.54. The Morgan fingerprint density at radius 1 is 1.33 bits per heavy atom. The van der Waals surface area contributed by atoms with Gasteiger partial charge in [-0.15, -0.1) is 0 Å². The van der Waals surface area contributed by atoms with Crippen LogP contribution in [0.2, 0.25) is 0 Å². The number of ether oxygens (including phenoxy) is 2. The van der Waals surface area contributed by atoms with Crippen molar-refractivity contribution in [1.82, 2.24) is 5.32 Å². The smallest absolute Gasteiger partial charge is 0.171 e. The maximum Gasteiger partial charge on any atom is 0.171 e. The van der Waals surface area contributed by atoms with Crippen LogP contribution in [0, 0.1) is 0 Å². The quantitative estimate of drug-likeness (QED) is 0.786. The Balaban J connectivity index is 2.05. The van der Waals surface area contributed by atoms with Gasteiger partial charge in [0, 0.05) is 20.3 Å². The van der Waals surface area contributed by atoms with E-state index in [0.717, 1.165) is 12.8 Å². The molecule has 1 aliphatic rings. The Morgan fingerprint density at radius 2 is 2.06 bits per heavy atom. The molecule has 0 saturated carbocycles. The van der Waals surface area contributed by atoms with Gasteiger partial charge in [-0.25, -0.2) is 0 Å². The van der Waals surface area contributed by atoms with Crippen molar-refractivity contribution >= 4 is 0 Å². The van der Waals surface area contributed by atoms with Crippen LogP contribution in [0.5, 0.6) is 5.75 Å².